The van der Waals surface area contributed by atoms with Crippen LogP contribution in [0.1, 0.15) is 96.6 Å². The average Bonchev–Trinajstić information content (AvgIpc) is 3.33. The molecule has 0 bridgehead atoms. The predicted molar refractivity (Wildman–Crippen MR) is 160 cm³/mol. The molecule has 0 unspecified atom stereocenters. The van der Waals surface area contributed by atoms with Gasteiger partial charge in [0.15, 0.2) is 0 Å². The standard InChI is InChI=1S/C32H46N4O7/c1-19(37)27(20(2)38)22-11-9-10-21(16-22)18-33-28(39)25-15-14-23-12-7-8-13-24(30(41)36(23)25)34-29(40)26(17-32(3,4)5)35(6)31(42)43/h9-11,16,23-27H,7-8,12-15,17-18H2,1-6H3,(H,33,39)(H,34,40)(H,42,43)/t23-,24-,25-,26-/m0/s1. The van der Waals surface area contributed by atoms with Gasteiger partial charge in [0.2, 0.25) is 17.7 Å². The third-order valence-electron chi connectivity index (χ3n) is 8.40. The molecule has 0 aromatic heterocycles. The van der Waals surface area contributed by atoms with Crippen molar-refractivity contribution in [2.24, 2.45) is 5.41 Å². The molecule has 2 heterocycles. The fourth-order valence-corrected chi connectivity index (χ4v) is 6.26. The van der Waals surface area contributed by atoms with Gasteiger partial charge >= 0.3 is 6.09 Å². The quantitative estimate of drug-likeness (QED) is 0.349. The maximum atomic E-state index is 13.9. The number of fused-ring (bicyclic) bond motifs is 1. The van der Waals surface area contributed by atoms with E-state index in [1.165, 1.54) is 20.9 Å². The number of carbonyl (C=O) groups excluding carboxylic acids is 5. The lowest BCUT2D eigenvalue weighted by Gasteiger charge is -2.36. The molecular weight excluding hydrogens is 552 g/mol. The summed E-state index contributed by atoms with van der Waals surface area (Å²) in [5.74, 6) is -2.50. The molecule has 3 N–H and O–H groups in total. The summed E-state index contributed by atoms with van der Waals surface area (Å²) in [7, 11) is 1.35. The van der Waals surface area contributed by atoms with Crippen molar-refractivity contribution in [1.82, 2.24) is 20.4 Å². The second kappa shape index (κ2) is 14.1. The van der Waals surface area contributed by atoms with Crippen LogP contribution in [-0.4, -0.2) is 81.5 Å². The van der Waals surface area contributed by atoms with Crippen molar-refractivity contribution in [2.45, 2.75) is 116 Å². The monoisotopic (exact) mass is 598 g/mol. The van der Waals surface area contributed by atoms with Crippen LogP contribution in [0.5, 0.6) is 0 Å². The minimum atomic E-state index is -1.23. The number of amides is 4. The molecule has 0 saturated carbocycles. The highest BCUT2D eigenvalue weighted by molar-refractivity contribution is 6.05. The number of carbonyl (C=O) groups is 6. The summed E-state index contributed by atoms with van der Waals surface area (Å²) in [4.78, 5) is 79.1. The molecule has 11 heteroatoms. The molecule has 1 aromatic rings. The van der Waals surface area contributed by atoms with Crippen LogP contribution in [0.25, 0.3) is 0 Å². The number of benzene rings is 1. The highest BCUT2D eigenvalue weighted by atomic mass is 16.4. The Labute approximate surface area is 253 Å². The van der Waals surface area contributed by atoms with Crippen LogP contribution in [0.4, 0.5) is 4.79 Å². The molecule has 4 atom stereocenters. The van der Waals surface area contributed by atoms with Gasteiger partial charge in [-0.3, -0.25) is 28.9 Å². The third-order valence-corrected chi connectivity index (χ3v) is 8.40. The van der Waals surface area contributed by atoms with Gasteiger partial charge in [-0.25, -0.2) is 4.79 Å². The molecule has 3 rings (SSSR count). The summed E-state index contributed by atoms with van der Waals surface area (Å²) < 4.78 is 0. The molecule has 2 aliphatic heterocycles. The average molecular weight is 599 g/mol. The van der Waals surface area contributed by atoms with Crippen molar-refractivity contribution in [2.75, 3.05) is 7.05 Å². The number of hydrogen-bond acceptors (Lipinski definition) is 6. The lowest BCUT2D eigenvalue weighted by Crippen LogP contribution is -2.59. The Balaban J connectivity index is 1.75. The first-order chi connectivity index (χ1) is 20.1. The maximum Gasteiger partial charge on any atom is 0.407 e. The number of ketones is 2. The van der Waals surface area contributed by atoms with E-state index >= 15 is 0 Å². The lowest BCUT2D eigenvalue weighted by atomic mass is 9.87. The zero-order chi connectivity index (χ0) is 32.1. The number of likely N-dealkylation sites (N-methyl/N-ethyl adjacent to an activating group) is 1. The van der Waals surface area contributed by atoms with Crippen molar-refractivity contribution in [3.8, 4) is 0 Å². The molecule has 1 aromatic carbocycles. The Kier molecular flexibility index (Phi) is 11.1. The van der Waals surface area contributed by atoms with Crippen LogP contribution in [0, 0.1) is 5.41 Å². The summed E-state index contributed by atoms with van der Waals surface area (Å²) in [6.07, 6.45) is 2.96. The first kappa shape index (κ1) is 33.7. The van der Waals surface area contributed by atoms with E-state index < -0.39 is 36.0 Å². The van der Waals surface area contributed by atoms with Crippen LogP contribution < -0.4 is 10.6 Å². The molecule has 2 fully saturated rings. The number of nitrogens with one attached hydrogen (secondary N) is 2. The van der Waals surface area contributed by atoms with Gasteiger partial charge in [0, 0.05) is 19.6 Å². The Morgan fingerprint density at radius 2 is 1.67 bits per heavy atom. The molecule has 2 aliphatic rings. The van der Waals surface area contributed by atoms with Crippen LogP contribution in [-0.2, 0) is 30.5 Å². The van der Waals surface area contributed by atoms with Gasteiger partial charge in [-0.15, -0.1) is 0 Å². The van der Waals surface area contributed by atoms with Crippen LogP contribution in [0.3, 0.4) is 0 Å². The van der Waals surface area contributed by atoms with Crippen molar-refractivity contribution in [1.29, 1.82) is 0 Å². The third kappa shape index (κ3) is 8.64. The number of nitrogens with zero attached hydrogens (tertiary/aromatic N) is 2. The molecule has 4 amide bonds. The number of Topliss-reactive ketones (excluding diaryl/α,β-unsaturated/α-hetero) is 2. The second-order valence-electron chi connectivity index (χ2n) is 13.1. The van der Waals surface area contributed by atoms with Crippen molar-refractivity contribution < 1.29 is 33.9 Å². The largest absolute Gasteiger partial charge is 0.465 e. The lowest BCUT2D eigenvalue weighted by molar-refractivity contribution is -0.144. The summed E-state index contributed by atoms with van der Waals surface area (Å²) in [6, 6.07) is 4.34. The van der Waals surface area contributed by atoms with Crippen molar-refractivity contribution in [3.63, 3.8) is 0 Å². The maximum absolute atomic E-state index is 13.9. The number of rotatable bonds is 10. The topological polar surface area (TPSA) is 153 Å². The van der Waals surface area contributed by atoms with E-state index in [2.05, 4.69) is 10.6 Å². The molecule has 0 spiro atoms. The fraction of sp³-hybridized carbons (Fsp3) is 0.625. The summed E-state index contributed by atoms with van der Waals surface area (Å²) in [6.45, 7) is 8.68. The van der Waals surface area contributed by atoms with Crippen LogP contribution in [0.2, 0.25) is 0 Å². The van der Waals surface area contributed by atoms with Crippen LogP contribution in [0.15, 0.2) is 24.3 Å². The van der Waals surface area contributed by atoms with Crippen molar-refractivity contribution >= 4 is 35.4 Å². The predicted octanol–water partition coefficient (Wildman–Crippen LogP) is 3.40. The van der Waals surface area contributed by atoms with E-state index in [9.17, 15) is 33.9 Å². The van der Waals surface area contributed by atoms with Crippen molar-refractivity contribution in [3.05, 3.63) is 35.4 Å². The van der Waals surface area contributed by atoms with Gasteiger partial charge in [-0.1, -0.05) is 57.9 Å². The summed E-state index contributed by atoms with van der Waals surface area (Å²) in [5.41, 5.74) is 0.964. The molecule has 236 valence electrons. The molecule has 11 nitrogen and oxygen atoms in total. The fourth-order valence-electron chi connectivity index (χ4n) is 6.26. The van der Waals surface area contributed by atoms with Gasteiger partial charge in [0.05, 0.1) is 0 Å². The highest BCUT2D eigenvalue weighted by Gasteiger charge is 2.44. The summed E-state index contributed by atoms with van der Waals surface area (Å²) in [5, 5.41) is 15.3. The van der Waals surface area contributed by atoms with Gasteiger partial charge in [0.25, 0.3) is 0 Å². The normalized spacial score (nSPS) is 21.3. The first-order valence-corrected chi connectivity index (χ1v) is 15.1. The van der Waals surface area contributed by atoms with Crippen LogP contribution >= 0.6 is 0 Å². The Bertz CT molecular complexity index is 1230. The minimum Gasteiger partial charge on any atom is -0.465 e. The zero-order valence-electron chi connectivity index (χ0n) is 26.1. The first-order valence-electron chi connectivity index (χ1n) is 15.1. The minimum absolute atomic E-state index is 0.120. The Morgan fingerprint density at radius 3 is 2.28 bits per heavy atom. The SMILES string of the molecule is CC(=O)C(C(C)=O)c1cccc(CNC(=O)[C@@H]2CC[C@@H]3CCCC[C@H](NC(=O)[C@H](CC(C)(C)C)N(C)C(=O)O)C(=O)N32)c1. The number of carboxylic acid groups (broad SMARTS) is 1. The van der Waals surface area contributed by atoms with E-state index in [0.717, 1.165) is 29.7 Å². The van der Waals surface area contributed by atoms with Gasteiger partial charge in [-0.2, -0.15) is 0 Å². The van der Waals surface area contributed by atoms with E-state index in [1.54, 1.807) is 29.2 Å². The molecule has 0 radical (unpaired) electrons. The number of hydrogen-bond donors (Lipinski definition) is 3. The summed E-state index contributed by atoms with van der Waals surface area (Å²) >= 11 is 0. The van der Waals surface area contributed by atoms with Gasteiger partial charge in [0.1, 0.15) is 35.6 Å². The van der Waals surface area contributed by atoms with E-state index in [1.807, 2.05) is 20.8 Å². The smallest absolute Gasteiger partial charge is 0.407 e. The molecule has 2 saturated heterocycles. The zero-order valence-corrected chi connectivity index (χ0v) is 26.1. The van der Waals surface area contributed by atoms with E-state index in [4.69, 9.17) is 0 Å². The van der Waals surface area contributed by atoms with E-state index in [-0.39, 0.29) is 47.8 Å². The van der Waals surface area contributed by atoms with Gasteiger partial charge < -0.3 is 20.6 Å². The van der Waals surface area contributed by atoms with E-state index in [0.29, 0.717) is 24.8 Å². The second-order valence-corrected chi connectivity index (χ2v) is 13.1. The molecule has 43 heavy (non-hydrogen) atoms. The molecular formula is C32H46N4O7. The van der Waals surface area contributed by atoms with Gasteiger partial charge in [-0.05, 0) is 62.5 Å². The highest BCUT2D eigenvalue weighted by Crippen LogP contribution is 2.32. The Morgan fingerprint density at radius 1 is 1.02 bits per heavy atom. The molecule has 0 aliphatic carbocycles. The Hall–Kier alpha value is -3.76.